The van der Waals surface area contributed by atoms with Crippen molar-refractivity contribution >= 4 is 17.7 Å². The molecule has 0 bridgehead atoms. The zero-order chi connectivity index (χ0) is 16.4. The lowest BCUT2D eigenvalue weighted by molar-refractivity contribution is -0.122. The highest BCUT2D eigenvalue weighted by Gasteiger charge is 2.45. The Labute approximate surface area is 133 Å². The second-order valence-corrected chi connectivity index (χ2v) is 6.03. The minimum Gasteiger partial charge on any atom is -0.430 e. The fourth-order valence-corrected chi connectivity index (χ4v) is 2.94. The van der Waals surface area contributed by atoms with Crippen LogP contribution in [-0.4, -0.2) is 48.3 Å². The summed E-state index contributed by atoms with van der Waals surface area (Å²) in [7, 11) is 0. The van der Waals surface area contributed by atoms with Gasteiger partial charge in [-0.15, -0.1) is 0 Å². The van der Waals surface area contributed by atoms with Crippen molar-refractivity contribution in [3.05, 3.63) is 30.1 Å². The molecule has 2 saturated heterocycles. The van der Waals surface area contributed by atoms with Gasteiger partial charge in [-0.25, -0.2) is 9.18 Å². The standard InChI is InChI=1S/C16H19FN2O4/c1-11(14(20)18-13-4-2-12(17)3-5-13)19-8-6-16(7-9-19)10-22-15(21)23-16/h2-5,11H,6-10H2,1H3,(H,18,20)/t11-/m1/s1. The molecule has 0 aromatic heterocycles. The SMILES string of the molecule is C[C@H](C(=O)Nc1ccc(F)cc1)N1CCC2(CC1)COC(=O)O2. The third kappa shape index (κ3) is 3.44. The number of cyclic esters (lactones) is 1. The number of hydrogen-bond acceptors (Lipinski definition) is 5. The summed E-state index contributed by atoms with van der Waals surface area (Å²) >= 11 is 0. The fraction of sp³-hybridized carbons (Fsp3) is 0.500. The Morgan fingerprint density at radius 2 is 1.96 bits per heavy atom. The van der Waals surface area contributed by atoms with E-state index in [1.165, 1.54) is 24.3 Å². The van der Waals surface area contributed by atoms with Gasteiger partial charge in [0.2, 0.25) is 5.91 Å². The quantitative estimate of drug-likeness (QED) is 0.864. The van der Waals surface area contributed by atoms with E-state index in [1.807, 2.05) is 11.8 Å². The van der Waals surface area contributed by atoms with Gasteiger partial charge in [0, 0.05) is 31.6 Å². The van der Waals surface area contributed by atoms with Crippen LogP contribution in [0, 0.1) is 5.82 Å². The normalized spacial score (nSPS) is 21.6. The molecule has 0 unspecified atom stereocenters. The summed E-state index contributed by atoms with van der Waals surface area (Å²) in [4.78, 5) is 25.5. The van der Waals surface area contributed by atoms with E-state index in [9.17, 15) is 14.0 Å². The lowest BCUT2D eigenvalue weighted by Crippen LogP contribution is -2.51. The summed E-state index contributed by atoms with van der Waals surface area (Å²) in [5, 5.41) is 2.78. The average Bonchev–Trinajstić information content (AvgIpc) is 2.90. The van der Waals surface area contributed by atoms with Gasteiger partial charge in [-0.1, -0.05) is 0 Å². The summed E-state index contributed by atoms with van der Waals surface area (Å²) in [5.74, 6) is -0.488. The maximum absolute atomic E-state index is 12.9. The van der Waals surface area contributed by atoms with Gasteiger partial charge in [0.1, 0.15) is 12.4 Å². The second kappa shape index (κ2) is 6.16. The zero-order valence-electron chi connectivity index (χ0n) is 12.9. The molecule has 1 atom stereocenters. The van der Waals surface area contributed by atoms with Crippen molar-refractivity contribution in [1.82, 2.24) is 4.90 Å². The van der Waals surface area contributed by atoms with E-state index in [2.05, 4.69) is 5.32 Å². The predicted molar refractivity (Wildman–Crippen MR) is 80.5 cm³/mol. The van der Waals surface area contributed by atoms with Crippen molar-refractivity contribution in [1.29, 1.82) is 0 Å². The molecule has 2 fully saturated rings. The molecule has 1 amide bonds. The molecule has 1 aromatic rings. The second-order valence-electron chi connectivity index (χ2n) is 6.03. The molecule has 1 spiro atoms. The van der Waals surface area contributed by atoms with E-state index in [1.54, 1.807) is 0 Å². The van der Waals surface area contributed by atoms with Crippen LogP contribution >= 0.6 is 0 Å². The van der Waals surface area contributed by atoms with Crippen molar-refractivity contribution in [3.8, 4) is 0 Å². The Morgan fingerprint density at radius 1 is 1.30 bits per heavy atom. The number of carbonyl (C=O) groups is 2. The summed E-state index contributed by atoms with van der Waals surface area (Å²) < 4.78 is 23.0. The van der Waals surface area contributed by atoms with E-state index in [0.717, 1.165) is 0 Å². The Hall–Kier alpha value is -2.15. The van der Waals surface area contributed by atoms with Crippen molar-refractivity contribution < 1.29 is 23.5 Å². The first kappa shape index (κ1) is 15.7. The van der Waals surface area contributed by atoms with E-state index in [0.29, 0.717) is 31.6 Å². The fourth-order valence-electron chi connectivity index (χ4n) is 2.94. The van der Waals surface area contributed by atoms with Gasteiger partial charge < -0.3 is 14.8 Å². The van der Waals surface area contributed by atoms with Crippen LogP contribution in [0.4, 0.5) is 14.9 Å². The number of nitrogens with zero attached hydrogens (tertiary/aromatic N) is 1. The van der Waals surface area contributed by atoms with Crippen molar-refractivity contribution in [2.45, 2.75) is 31.4 Å². The largest absolute Gasteiger partial charge is 0.509 e. The van der Waals surface area contributed by atoms with Gasteiger partial charge in [-0.05, 0) is 31.2 Å². The smallest absolute Gasteiger partial charge is 0.430 e. The zero-order valence-corrected chi connectivity index (χ0v) is 12.9. The van der Waals surface area contributed by atoms with Gasteiger partial charge in [-0.3, -0.25) is 9.69 Å². The van der Waals surface area contributed by atoms with E-state index in [4.69, 9.17) is 9.47 Å². The molecule has 0 saturated carbocycles. The molecular weight excluding hydrogens is 303 g/mol. The Kier molecular flexibility index (Phi) is 4.21. The number of anilines is 1. The first-order valence-electron chi connectivity index (χ1n) is 7.64. The highest BCUT2D eigenvalue weighted by atomic mass is 19.1. The van der Waals surface area contributed by atoms with Crippen LogP contribution in [0.5, 0.6) is 0 Å². The number of benzene rings is 1. The third-order valence-corrected chi connectivity index (χ3v) is 4.50. The summed E-state index contributed by atoms with van der Waals surface area (Å²) in [5.41, 5.74) is 0.0376. The molecule has 2 heterocycles. The van der Waals surface area contributed by atoms with Gasteiger partial charge in [0.05, 0.1) is 6.04 Å². The minimum atomic E-state index is -0.611. The first-order chi connectivity index (χ1) is 11.0. The molecule has 2 aliphatic heterocycles. The number of carbonyl (C=O) groups excluding carboxylic acids is 2. The molecule has 7 heteroatoms. The number of nitrogens with one attached hydrogen (secondary N) is 1. The number of ether oxygens (including phenoxy) is 2. The highest BCUT2D eigenvalue weighted by Crippen LogP contribution is 2.32. The topological polar surface area (TPSA) is 67.9 Å². The van der Waals surface area contributed by atoms with Gasteiger partial charge >= 0.3 is 6.16 Å². The molecule has 1 N–H and O–H groups in total. The molecule has 2 aliphatic rings. The van der Waals surface area contributed by atoms with Crippen LogP contribution in [0.25, 0.3) is 0 Å². The lowest BCUT2D eigenvalue weighted by Gasteiger charge is -2.38. The number of hydrogen-bond donors (Lipinski definition) is 1. The molecule has 3 rings (SSSR count). The highest BCUT2D eigenvalue weighted by molar-refractivity contribution is 5.94. The van der Waals surface area contributed by atoms with Crippen LogP contribution in [-0.2, 0) is 14.3 Å². The van der Waals surface area contributed by atoms with Crippen LogP contribution in [0.3, 0.4) is 0 Å². The minimum absolute atomic E-state index is 0.146. The van der Waals surface area contributed by atoms with E-state index in [-0.39, 0.29) is 24.4 Å². The third-order valence-electron chi connectivity index (χ3n) is 4.50. The number of rotatable bonds is 3. The average molecular weight is 322 g/mol. The number of halogens is 1. The number of piperidine rings is 1. The summed E-state index contributed by atoms with van der Waals surface area (Å²) in [6.45, 7) is 3.41. The Bertz CT molecular complexity index is 597. The lowest BCUT2D eigenvalue weighted by atomic mass is 9.91. The molecule has 0 aliphatic carbocycles. The van der Waals surface area contributed by atoms with Crippen LogP contribution in [0.1, 0.15) is 19.8 Å². The Balaban J connectivity index is 1.54. The van der Waals surface area contributed by atoms with Crippen LogP contribution in [0.15, 0.2) is 24.3 Å². The van der Waals surface area contributed by atoms with Gasteiger partial charge in [0.15, 0.2) is 5.60 Å². The Morgan fingerprint density at radius 3 is 2.52 bits per heavy atom. The van der Waals surface area contributed by atoms with Gasteiger partial charge in [-0.2, -0.15) is 0 Å². The summed E-state index contributed by atoms with van der Waals surface area (Å²) in [6, 6.07) is 5.34. The van der Waals surface area contributed by atoms with Crippen molar-refractivity contribution in [2.24, 2.45) is 0 Å². The maximum Gasteiger partial charge on any atom is 0.509 e. The number of amides is 1. The molecule has 0 radical (unpaired) electrons. The van der Waals surface area contributed by atoms with Crippen molar-refractivity contribution in [3.63, 3.8) is 0 Å². The van der Waals surface area contributed by atoms with Crippen molar-refractivity contribution in [2.75, 3.05) is 25.0 Å². The number of likely N-dealkylation sites (tertiary alicyclic amines) is 1. The first-order valence-corrected chi connectivity index (χ1v) is 7.64. The molecule has 23 heavy (non-hydrogen) atoms. The van der Waals surface area contributed by atoms with Crippen LogP contribution < -0.4 is 5.32 Å². The summed E-state index contributed by atoms with van der Waals surface area (Å²) in [6.07, 6.45) is 0.681. The molecule has 1 aromatic carbocycles. The monoisotopic (exact) mass is 322 g/mol. The van der Waals surface area contributed by atoms with E-state index < -0.39 is 11.8 Å². The molecular formula is C16H19FN2O4. The maximum atomic E-state index is 12.9. The molecule has 124 valence electrons. The van der Waals surface area contributed by atoms with E-state index >= 15 is 0 Å². The van der Waals surface area contributed by atoms with Gasteiger partial charge in [0.25, 0.3) is 0 Å². The van der Waals surface area contributed by atoms with Crippen LogP contribution in [0.2, 0.25) is 0 Å². The predicted octanol–water partition coefficient (Wildman–Crippen LogP) is 2.15. The molecule has 6 nitrogen and oxygen atoms in total.